The number of aryl methyl sites for hydroxylation is 2. The van der Waals surface area contributed by atoms with E-state index in [1.54, 1.807) is 6.08 Å². The normalized spacial score (nSPS) is 16.7. The maximum absolute atomic E-state index is 12.3. The molecular weight excluding hydrogens is 372 g/mol. The third-order valence-corrected chi connectivity index (χ3v) is 5.98. The molecule has 0 heterocycles. The first-order chi connectivity index (χ1) is 13.4. The van der Waals surface area contributed by atoms with Gasteiger partial charge in [0, 0.05) is 18.4 Å². The van der Waals surface area contributed by atoms with Crippen molar-refractivity contribution in [2.75, 3.05) is 6.54 Å². The number of hydrogen-bond donors (Lipinski definition) is 2. The fraction of sp³-hybridized carbons (Fsp3) is 0.318. The highest BCUT2D eigenvalue weighted by Gasteiger charge is 2.21. The van der Waals surface area contributed by atoms with Gasteiger partial charge in [-0.05, 0) is 49.0 Å². The van der Waals surface area contributed by atoms with Crippen molar-refractivity contribution in [1.29, 1.82) is 0 Å². The van der Waals surface area contributed by atoms with E-state index >= 15 is 0 Å². The Labute approximate surface area is 166 Å². The van der Waals surface area contributed by atoms with Gasteiger partial charge in [0.1, 0.15) is 0 Å². The Kier molecular flexibility index (Phi) is 6.65. The van der Waals surface area contributed by atoms with Gasteiger partial charge in [0.15, 0.2) is 0 Å². The molecule has 1 unspecified atom stereocenters. The van der Waals surface area contributed by atoms with Crippen LogP contribution >= 0.6 is 0 Å². The Morgan fingerprint density at radius 1 is 1.14 bits per heavy atom. The lowest BCUT2D eigenvalue weighted by Gasteiger charge is -2.26. The summed E-state index contributed by atoms with van der Waals surface area (Å²) < 4.78 is 26.6. The average Bonchev–Trinajstić information content (AvgIpc) is 2.68. The number of carbonyl (C=O) groups excluding carboxylic acids is 1. The van der Waals surface area contributed by atoms with Crippen molar-refractivity contribution in [3.8, 4) is 0 Å². The van der Waals surface area contributed by atoms with Crippen LogP contribution in [0.4, 0.5) is 0 Å². The summed E-state index contributed by atoms with van der Waals surface area (Å²) in [7, 11) is -3.58. The maximum atomic E-state index is 12.3. The molecule has 1 atom stereocenters. The minimum atomic E-state index is -3.58. The van der Waals surface area contributed by atoms with Crippen molar-refractivity contribution in [1.82, 2.24) is 10.0 Å². The second-order valence-corrected chi connectivity index (χ2v) is 8.76. The summed E-state index contributed by atoms with van der Waals surface area (Å²) >= 11 is 0. The van der Waals surface area contributed by atoms with Gasteiger partial charge in [-0.2, -0.15) is 0 Å². The van der Waals surface area contributed by atoms with Crippen LogP contribution in [0.3, 0.4) is 0 Å². The predicted octanol–water partition coefficient (Wildman–Crippen LogP) is 3.47. The van der Waals surface area contributed by atoms with Crippen LogP contribution in [0.1, 0.15) is 47.6 Å². The number of rotatable bonds is 7. The summed E-state index contributed by atoms with van der Waals surface area (Å²) in [6.07, 6.45) is 4.64. The van der Waals surface area contributed by atoms with Crippen LogP contribution in [0.25, 0.3) is 6.08 Å². The van der Waals surface area contributed by atoms with E-state index in [4.69, 9.17) is 0 Å². The number of sulfonamides is 1. The van der Waals surface area contributed by atoms with E-state index in [0.29, 0.717) is 0 Å². The lowest BCUT2D eigenvalue weighted by Crippen LogP contribution is -2.33. The second kappa shape index (κ2) is 9.17. The van der Waals surface area contributed by atoms with Crippen LogP contribution in [0.2, 0.25) is 0 Å². The highest BCUT2D eigenvalue weighted by Crippen LogP contribution is 2.29. The fourth-order valence-electron chi connectivity index (χ4n) is 3.37. The molecule has 2 N–H and O–H groups in total. The molecule has 28 heavy (non-hydrogen) atoms. The molecule has 5 nitrogen and oxygen atoms in total. The lowest BCUT2D eigenvalue weighted by atomic mass is 9.88. The topological polar surface area (TPSA) is 75.3 Å². The van der Waals surface area contributed by atoms with Gasteiger partial charge in [0.25, 0.3) is 0 Å². The number of amides is 1. The van der Waals surface area contributed by atoms with Crippen LogP contribution in [0.15, 0.2) is 53.9 Å². The summed E-state index contributed by atoms with van der Waals surface area (Å²) in [6.45, 7) is 2.05. The zero-order chi connectivity index (χ0) is 20.0. The first-order valence-corrected chi connectivity index (χ1v) is 11.1. The summed E-state index contributed by atoms with van der Waals surface area (Å²) in [5.41, 5.74) is 4.37. The van der Waals surface area contributed by atoms with Crippen molar-refractivity contribution in [3.63, 3.8) is 0 Å². The van der Waals surface area contributed by atoms with Crippen molar-refractivity contribution in [2.24, 2.45) is 0 Å². The van der Waals surface area contributed by atoms with Crippen LogP contribution in [0, 0.1) is 6.92 Å². The van der Waals surface area contributed by atoms with Gasteiger partial charge in [-0.15, -0.1) is 0 Å². The van der Waals surface area contributed by atoms with E-state index in [2.05, 4.69) is 22.2 Å². The smallest absolute Gasteiger partial charge is 0.233 e. The molecule has 0 spiro atoms. The Bertz CT molecular complexity index is 950. The molecule has 0 saturated carbocycles. The van der Waals surface area contributed by atoms with Gasteiger partial charge < -0.3 is 5.32 Å². The summed E-state index contributed by atoms with van der Waals surface area (Å²) in [5.74, 6) is -0.146. The monoisotopic (exact) mass is 398 g/mol. The highest BCUT2D eigenvalue weighted by molar-refractivity contribution is 7.92. The van der Waals surface area contributed by atoms with Gasteiger partial charge in [-0.3, -0.25) is 4.79 Å². The van der Waals surface area contributed by atoms with Gasteiger partial charge in [0.2, 0.25) is 15.9 Å². The summed E-state index contributed by atoms with van der Waals surface area (Å²) in [4.78, 5) is 12.3. The number of benzene rings is 2. The molecule has 1 amide bonds. The maximum Gasteiger partial charge on any atom is 0.233 e. The Morgan fingerprint density at radius 2 is 1.89 bits per heavy atom. The standard InChI is InChI=1S/C22H26N2O3S/c1-17-9-11-18(12-10-17)14-16-28(26,27)23-15-13-22(25)24-21-8-4-6-19-5-2-3-7-20(19)21/h2-3,5,7,9-12,14,16,21,23H,4,6,8,13,15H2,1H3,(H,24,25)/b16-14+. The van der Waals surface area contributed by atoms with Gasteiger partial charge in [0.05, 0.1) is 6.04 Å². The molecule has 1 aliphatic carbocycles. The van der Waals surface area contributed by atoms with E-state index in [0.717, 1.165) is 35.8 Å². The van der Waals surface area contributed by atoms with Crippen molar-refractivity contribution in [2.45, 2.75) is 38.6 Å². The van der Waals surface area contributed by atoms with Crippen LogP contribution < -0.4 is 10.0 Å². The molecule has 148 valence electrons. The van der Waals surface area contributed by atoms with E-state index < -0.39 is 10.0 Å². The summed E-state index contributed by atoms with van der Waals surface area (Å²) in [5, 5.41) is 4.16. The van der Waals surface area contributed by atoms with Crippen molar-refractivity contribution in [3.05, 3.63) is 76.2 Å². The first kappa shape index (κ1) is 20.3. The molecule has 6 heteroatoms. The lowest BCUT2D eigenvalue weighted by molar-refractivity contribution is -0.121. The molecule has 0 radical (unpaired) electrons. The fourth-order valence-corrected chi connectivity index (χ4v) is 4.19. The van der Waals surface area contributed by atoms with E-state index in [1.165, 1.54) is 11.1 Å². The third-order valence-electron chi connectivity index (χ3n) is 4.88. The molecule has 0 bridgehead atoms. The van der Waals surface area contributed by atoms with E-state index in [-0.39, 0.29) is 24.9 Å². The molecular formula is C22H26N2O3S. The van der Waals surface area contributed by atoms with Gasteiger partial charge >= 0.3 is 0 Å². The minimum Gasteiger partial charge on any atom is -0.349 e. The van der Waals surface area contributed by atoms with Gasteiger partial charge in [-0.25, -0.2) is 13.1 Å². The Balaban J connectivity index is 1.48. The Morgan fingerprint density at radius 3 is 2.68 bits per heavy atom. The molecule has 1 aliphatic rings. The SMILES string of the molecule is Cc1ccc(/C=C/S(=O)(=O)NCCC(=O)NC2CCCc3ccccc32)cc1. The Hall–Kier alpha value is -2.44. The highest BCUT2D eigenvalue weighted by atomic mass is 32.2. The zero-order valence-corrected chi connectivity index (χ0v) is 16.8. The van der Waals surface area contributed by atoms with E-state index in [1.807, 2.05) is 43.3 Å². The number of nitrogens with one attached hydrogen (secondary N) is 2. The molecule has 3 rings (SSSR count). The molecule has 2 aromatic rings. The number of fused-ring (bicyclic) bond motifs is 1. The van der Waals surface area contributed by atoms with Crippen molar-refractivity contribution >= 4 is 22.0 Å². The largest absolute Gasteiger partial charge is 0.349 e. The quantitative estimate of drug-likeness (QED) is 0.750. The van der Waals surface area contributed by atoms with Crippen LogP contribution in [0.5, 0.6) is 0 Å². The first-order valence-electron chi connectivity index (χ1n) is 9.54. The molecule has 0 fully saturated rings. The third kappa shape index (κ3) is 5.78. The molecule has 0 aliphatic heterocycles. The average molecular weight is 399 g/mol. The second-order valence-electron chi connectivity index (χ2n) is 7.11. The molecule has 0 saturated heterocycles. The van der Waals surface area contributed by atoms with Crippen molar-refractivity contribution < 1.29 is 13.2 Å². The number of hydrogen-bond acceptors (Lipinski definition) is 3. The van der Waals surface area contributed by atoms with Crippen LogP contribution in [-0.2, 0) is 21.2 Å². The van der Waals surface area contributed by atoms with Gasteiger partial charge in [-0.1, -0.05) is 54.1 Å². The summed E-state index contributed by atoms with van der Waals surface area (Å²) in [6, 6.07) is 15.7. The zero-order valence-electron chi connectivity index (χ0n) is 16.0. The number of carbonyl (C=O) groups is 1. The molecule has 0 aromatic heterocycles. The molecule has 2 aromatic carbocycles. The minimum absolute atomic E-state index is 0.00971. The van der Waals surface area contributed by atoms with E-state index in [9.17, 15) is 13.2 Å². The van der Waals surface area contributed by atoms with Crippen LogP contribution in [-0.4, -0.2) is 20.9 Å². The predicted molar refractivity (Wildman–Crippen MR) is 112 cm³/mol.